The standard InChI is InChI=1S/C17H25N3/c1-6-18-11-15-8-9-16(12(3)10-15)17-13(4)19-20(7-2)14(17)5/h8-10,18H,6-7,11H2,1-5H3. The number of nitrogens with zero attached hydrogens (tertiary/aromatic N) is 2. The molecule has 2 rings (SSSR count). The molecule has 0 saturated carbocycles. The van der Waals surface area contributed by atoms with Crippen LogP contribution in [0.1, 0.15) is 36.4 Å². The SMILES string of the molecule is CCNCc1ccc(-c2c(C)nn(CC)c2C)c(C)c1. The molecule has 3 heteroatoms. The first-order valence-corrected chi connectivity index (χ1v) is 7.43. The second-order valence-corrected chi connectivity index (χ2v) is 5.29. The number of aromatic nitrogens is 2. The Kier molecular flexibility index (Phi) is 4.61. The van der Waals surface area contributed by atoms with Crippen molar-refractivity contribution in [3.63, 3.8) is 0 Å². The fourth-order valence-corrected chi connectivity index (χ4v) is 2.78. The Morgan fingerprint density at radius 2 is 1.90 bits per heavy atom. The van der Waals surface area contributed by atoms with Gasteiger partial charge in [0.2, 0.25) is 0 Å². The van der Waals surface area contributed by atoms with Crippen molar-refractivity contribution in [2.45, 2.75) is 47.7 Å². The zero-order chi connectivity index (χ0) is 14.7. The summed E-state index contributed by atoms with van der Waals surface area (Å²) in [6.07, 6.45) is 0. The van der Waals surface area contributed by atoms with Gasteiger partial charge in [-0.1, -0.05) is 25.1 Å². The predicted molar refractivity (Wildman–Crippen MR) is 84.9 cm³/mol. The summed E-state index contributed by atoms with van der Waals surface area (Å²) in [7, 11) is 0. The molecule has 0 aliphatic rings. The maximum Gasteiger partial charge on any atom is 0.0675 e. The number of aryl methyl sites for hydroxylation is 3. The van der Waals surface area contributed by atoms with Crippen LogP contribution in [-0.2, 0) is 13.1 Å². The smallest absolute Gasteiger partial charge is 0.0675 e. The van der Waals surface area contributed by atoms with E-state index in [1.807, 2.05) is 0 Å². The Hall–Kier alpha value is -1.61. The van der Waals surface area contributed by atoms with Crippen LogP contribution in [0.25, 0.3) is 11.1 Å². The van der Waals surface area contributed by atoms with Crippen LogP contribution in [-0.4, -0.2) is 16.3 Å². The number of rotatable bonds is 5. The monoisotopic (exact) mass is 271 g/mol. The molecule has 1 aromatic heterocycles. The number of hydrogen-bond donors (Lipinski definition) is 1. The average Bonchev–Trinajstić information content (AvgIpc) is 2.72. The summed E-state index contributed by atoms with van der Waals surface area (Å²) in [4.78, 5) is 0. The fourth-order valence-electron chi connectivity index (χ4n) is 2.78. The van der Waals surface area contributed by atoms with Crippen LogP contribution in [0.5, 0.6) is 0 Å². The van der Waals surface area contributed by atoms with Gasteiger partial charge in [0.1, 0.15) is 0 Å². The van der Waals surface area contributed by atoms with Crippen LogP contribution in [0.15, 0.2) is 18.2 Å². The van der Waals surface area contributed by atoms with Gasteiger partial charge in [-0.3, -0.25) is 4.68 Å². The lowest BCUT2D eigenvalue weighted by atomic mass is 9.97. The zero-order valence-corrected chi connectivity index (χ0v) is 13.2. The lowest BCUT2D eigenvalue weighted by molar-refractivity contribution is 0.634. The molecule has 0 aliphatic heterocycles. The average molecular weight is 271 g/mol. The third-order valence-corrected chi connectivity index (χ3v) is 3.82. The van der Waals surface area contributed by atoms with Crippen LogP contribution < -0.4 is 5.32 Å². The molecular formula is C17H25N3. The second kappa shape index (κ2) is 6.23. The van der Waals surface area contributed by atoms with Crippen LogP contribution in [0, 0.1) is 20.8 Å². The molecule has 1 N–H and O–H groups in total. The van der Waals surface area contributed by atoms with Crippen LogP contribution in [0.4, 0.5) is 0 Å². The first-order chi connectivity index (χ1) is 9.58. The maximum atomic E-state index is 4.62. The Bertz CT molecular complexity index is 597. The minimum absolute atomic E-state index is 0.921. The molecule has 1 aromatic carbocycles. The third-order valence-electron chi connectivity index (χ3n) is 3.82. The Balaban J connectivity index is 2.41. The van der Waals surface area contributed by atoms with Crippen LogP contribution in [0.3, 0.4) is 0 Å². The van der Waals surface area contributed by atoms with Crippen molar-refractivity contribution >= 4 is 0 Å². The molecule has 0 amide bonds. The molecular weight excluding hydrogens is 246 g/mol. The minimum atomic E-state index is 0.921. The highest BCUT2D eigenvalue weighted by atomic mass is 15.3. The highest BCUT2D eigenvalue weighted by molar-refractivity contribution is 5.72. The van der Waals surface area contributed by atoms with Gasteiger partial charge in [-0.25, -0.2) is 0 Å². The molecule has 0 aliphatic carbocycles. The first-order valence-electron chi connectivity index (χ1n) is 7.43. The highest BCUT2D eigenvalue weighted by Gasteiger charge is 2.14. The summed E-state index contributed by atoms with van der Waals surface area (Å²) in [6.45, 7) is 13.6. The quantitative estimate of drug-likeness (QED) is 0.900. The topological polar surface area (TPSA) is 29.9 Å². The van der Waals surface area contributed by atoms with Crippen LogP contribution in [0.2, 0.25) is 0 Å². The zero-order valence-electron chi connectivity index (χ0n) is 13.2. The minimum Gasteiger partial charge on any atom is -0.313 e. The fraction of sp³-hybridized carbons (Fsp3) is 0.471. The molecule has 2 aromatic rings. The molecule has 0 fully saturated rings. The lowest BCUT2D eigenvalue weighted by Crippen LogP contribution is -2.11. The summed E-state index contributed by atoms with van der Waals surface area (Å²) in [5.41, 5.74) is 7.63. The predicted octanol–water partition coefficient (Wildman–Crippen LogP) is 3.60. The second-order valence-electron chi connectivity index (χ2n) is 5.29. The molecule has 0 spiro atoms. The van der Waals surface area contributed by atoms with E-state index in [9.17, 15) is 0 Å². The molecule has 0 bridgehead atoms. The van der Waals surface area contributed by atoms with Crippen molar-refractivity contribution in [3.05, 3.63) is 40.7 Å². The first kappa shape index (κ1) is 14.8. The van der Waals surface area contributed by atoms with Gasteiger partial charge < -0.3 is 5.32 Å². The van der Waals surface area contributed by atoms with Gasteiger partial charge in [0.15, 0.2) is 0 Å². The van der Waals surface area contributed by atoms with Crippen molar-refractivity contribution in [1.82, 2.24) is 15.1 Å². The van der Waals surface area contributed by atoms with Crippen LogP contribution >= 0.6 is 0 Å². The van der Waals surface area contributed by atoms with E-state index in [0.717, 1.165) is 25.3 Å². The van der Waals surface area contributed by atoms with E-state index in [1.165, 1.54) is 27.9 Å². The number of hydrogen-bond acceptors (Lipinski definition) is 2. The summed E-state index contributed by atoms with van der Waals surface area (Å²) in [5.74, 6) is 0. The van der Waals surface area contributed by atoms with E-state index in [1.54, 1.807) is 0 Å². The summed E-state index contributed by atoms with van der Waals surface area (Å²) >= 11 is 0. The Labute approximate surface area is 122 Å². The van der Waals surface area contributed by atoms with Gasteiger partial charge in [0.25, 0.3) is 0 Å². The largest absolute Gasteiger partial charge is 0.313 e. The maximum absolute atomic E-state index is 4.62. The van der Waals surface area contributed by atoms with Gasteiger partial charge in [-0.15, -0.1) is 0 Å². The van der Waals surface area contributed by atoms with Gasteiger partial charge in [-0.2, -0.15) is 5.10 Å². The third kappa shape index (κ3) is 2.78. The highest BCUT2D eigenvalue weighted by Crippen LogP contribution is 2.30. The van der Waals surface area contributed by atoms with Crippen molar-refractivity contribution in [3.8, 4) is 11.1 Å². The molecule has 1 heterocycles. The van der Waals surface area contributed by atoms with E-state index in [-0.39, 0.29) is 0 Å². The van der Waals surface area contributed by atoms with E-state index in [4.69, 9.17) is 0 Å². The normalized spacial score (nSPS) is 11.1. The van der Waals surface area contributed by atoms with Crippen molar-refractivity contribution in [1.29, 1.82) is 0 Å². The molecule has 0 saturated heterocycles. The van der Waals surface area contributed by atoms with Gasteiger partial charge in [-0.05, 0) is 50.9 Å². The molecule has 0 radical (unpaired) electrons. The number of benzene rings is 1. The molecule has 108 valence electrons. The molecule has 3 nitrogen and oxygen atoms in total. The Morgan fingerprint density at radius 3 is 2.45 bits per heavy atom. The molecule has 20 heavy (non-hydrogen) atoms. The summed E-state index contributed by atoms with van der Waals surface area (Å²) < 4.78 is 2.08. The van der Waals surface area contributed by atoms with E-state index >= 15 is 0 Å². The summed E-state index contributed by atoms with van der Waals surface area (Å²) in [6, 6.07) is 6.73. The lowest BCUT2D eigenvalue weighted by Gasteiger charge is -2.10. The van der Waals surface area contributed by atoms with Gasteiger partial charge >= 0.3 is 0 Å². The molecule has 0 atom stereocenters. The van der Waals surface area contributed by atoms with Gasteiger partial charge in [0.05, 0.1) is 5.69 Å². The molecule has 0 unspecified atom stereocenters. The van der Waals surface area contributed by atoms with Gasteiger partial charge in [0, 0.05) is 24.3 Å². The van der Waals surface area contributed by atoms with E-state index in [2.05, 4.69) is 67.9 Å². The number of nitrogens with one attached hydrogen (secondary N) is 1. The van der Waals surface area contributed by atoms with Crippen molar-refractivity contribution in [2.75, 3.05) is 6.54 Å². The summed E-state index contributed by atoms with van der Waals surface area (Å²) in [5, 5.41) is 7.99. The van der Waals surface area contributed by atoms with E-state index < -0.39 is 0 Å². The van der Waals surface area contributed by atoms with E-state index in [0.29, 0.717) is 0 Å². The van der Waals surface area contributed by atoms with Crippen molar-refractivity contribution in [2.24, 2.45) is 0 Å². The van der Waals surface area contributed by atoms with Crippen molar-refractivity contribution < 1.29 is 0 Å². The Morgan fingerprint density at radius 1 is 1.15 bits per heavy atom.